The Bertz CT molecular complexity index is 1320. The molecule has 0 saturated heterocycles. The van der Waals surface area contributed by atoms with Crippen LogP contribution < -0.4 is 59.1 Å². The Labute approximate surface area is 231 Å². The van der Waals surface area contributed by atoms with E-state index in [0.717, 1.165) is 27.9 Å². The number of hydrogen-bond donors (Lipinski definition) is 0. The quantitative estimate of drug-likeness (QED) is 0.191. The third-order valence-electron chi connectivity index (χ3n) is 5.74. The van der Waals surface area contributed by atoms with Crippen molar-refractivity contribution in [3.8, 4) is 0 Å². The zero-order valence-corrected chi connectivity index (χ0v) is 23.5. The molecule has 0 radical (unpaired) electrons. The van der Waals surface area contributed by atoms with Gasteiger partial charge >= 0.3 is 65.1 Å². The van der Waals surface area contributed by atoms with Gasteiger partial charge in [0.1, 0.15) is 0 Å². The Morgan fingerprint density at radius 2 is 1.81 bits per heavy atom. The minimum Gasteiger partial charge on any atom is -0.752 e. The van der Waals surface area contributed by atoms with Crippen molar-refractivity contribution in [1.82, 2.24) is 0 Å². The van der Waals surface area contributed by atoms with Gasteiger partial charge in [-0.05, 0) is 41.5 Å². The van der Waals surface area contributed by atoms with E-state index in [1.54, 1.807) is 12.1 Å². The normalized spacial score (nSPS) is 17.1. The molecule has 0 bridgehead atoms. The van der Waals surface area contributed by atoms with Gasteiger partial charge in [-0.1, -0.05) is 25.1 Å². The topological polar surface area (TPSA) is 95.9 Å². The Balaban J connectivity index is 0.00000181. The SMILES string of the molecule is COC(=O)c1ccc(CC2(C)C(C)=Nc3ccc4[c-]cc(S(=O)(=O)[O-])cc4c32)cc1.[Na+].[Na+]. The van der Waals surface area contributed by atoms with Crippen molar-refractivity contribution >= 4 is 38.3 Å². The van der Waals surface area contributed by atoms with E-state index in [1.807, 2.05) is 38.1 Å². The zero-order valence-electron chi connectivity index (χ0n) is 18.7. The van der Waals surface area contributed by atoms with E-state index in [4.69, 9.17) is 9.73 Å². The van der Waals surface area contributed by atoms with Crippen LogP contribution in [-0.4, -0.2) is 31.8 Å². The van der Waals surface area contributed by atoms with Crippen molar-refractivity contribution < 1.29 is 81.6 Å². The van der Waals surface area contributed by atoms with Crippen LogP contribution in [0.3, 0.4) is 0 Å². The molecule has 0 aromatic heterocycles. The van der Waals surface area contributed by atoms with Crippen LogP contribution in [-0.2, 0) is 26.7 Å². The molecule has 3 aromatic rings. The molecule has 0 N–H and O–H groups in total. The van der Waals surface area contributed by atoms with Gasteiger partial charge in [0.25, 0.3) is 0 Å². The van der Waals surface area contributed by atoms with Gasteiger partial charge in [0.05, 0.1) is 22.8 Å². The molecule has 154 valence electrons. The molecule has 9 heteroatoms. The molecule has 0 saturated carbocycles. The predicted molar refractivity (Wildman–Crippen MR) is 112 cm³/mol. The van der Waals surface area contributed by atoms with Crippen molar-refractivity contribution in [2.75, 3.05) is 7.11 Å². The average molecular weight is 467 g/mol. The number of benzene rings is 3. The summed E-state index contributed by atoms with van der Waals surface area (Å²) in [6, 6.07) is 16.4. The van der Waals surface area contributed by atoms with Gasteiger partial charge in [0, 0.05) is 16.8 Å². The molecule has 32 heavy (non-hydrogen) atoms. The third-order valence-corrected chi connectivity index (χ3v) is 6.55. The molecule has 0 spiro atoms. The predicted octanol–water partition coefficient (Wildman–Crippen LogP) is -2.05. The van der Waals surface area contributed by atoms with Crippen molar-refractivity contribution in [2.45, 2.75) is 30.6 Å². The minimum atomic E-state index is -4.60. The van der Waals surface area contributed by atoms with Crippen LogP contribution in [0.15, 0.2) is 58.4 Å². The van der Waals surface area contributed by atoms with Gasteiger partial charge in [0.2, 0.25) is 0 Å². The summed E-state index contributed by atoms with van der Waals surface area (Å²) in [5.41, 5.74) is 3.45. The molecule has 6 nitrogen and oxygen atoms in total. The molecule has 0 aliphatic carbocycles. The standard InChI is InChI=1S/C23H20NO5S.2Na/c1-14-23(2,13-15-4-6-17(7-5-15)22(25)29-3)21-19-12-18(30(26,27)28)10-8-16(19)9-11-20(21)24-14;;/h4-7,9-12H,13H2,1-3H3,(H,26,27,28);;/q-1;2*+1/p-1. The molecule has 1 unspecified atom stereocenters. The van der Waals surface area contributed by atoms with Crippen molar-refractivity contribution in [1.29, 1.82) is 0 Å². The minimum absolute atomic E-state index is 0. The maximum absolute atomic E-state index is 11.7. The molecule has 0 fully saturated rings. The number of carbonyl (C=O) groups is 1. The second-order valence-corrected chi connectivity index (χ2v) is 8.98. The fourth-order valence-electron chi connectivity index (χ4n) is 4.02. The maximum atomic E-state index is 11.7. The van der Waals surface area contributed by atoms with E-state index in [0.29, 0.717) is 17.4 Å². The van der Waals surface area contributed by atoms with Crippen LogP contribution in [0.25, 0.3) is 10.8 Å². The summed E-state index contributed by atoms with van der Waals surface area (Å²) in [5.74, 6) is -0.399. The Morgan fingerprint density at radius 1 is 1.16 bits per heavy atom. The number of nitrogens with zero attached hydrogens (tertiary/aromatic N) is 1. The van der Waals surface area contributed by atoms with E-state index in [1.165, 1.54) is 19.2 Å². The first-order valence-corrected chi connectivity index (χ1v) is 10.7. The molecule has 1 aliphatic rings. The Kier molecular flexibility index (Phi) is 8.57. The average Bonchev–Trinajstić information content (AvgIpc) is 2.97. The molecular weight excluding hydrogens is 448 g/mol. The molecule has 3 aromatic carbocycles. The first-order valence-electron chi connectivity index (χ1n) is 9.31. The van der Waals surface area contributed by atoms with Crippen LogP contribution in [0.2, 0.25) is 0 Å². The third kappa shape index (κ3) is 4.91. The Morgan fingerprint density at radius 3 is 2.41 bits per heavy atom. The first-order chi connectivity index (χ1) is 14.1. The fourth-order valence-corrected chi connectivity index (χ4v) is 4.49. The number of ether oxygens (including phenoxy) is 1. The first kappa shape index (κ1) is 27.2. The van der Waals surface area contributed by atoms with Gasteiger partial charge in [0.15, 0.2) is 0 Å². The number of carbonyl (C=O) groups excluding carboxylic acids is 1. The van der Waals surface area contributed by atoms with Crippen molar-refractivity contribution in [3.05, 3.63) is 71.3 Å². The van der Waals surface area contributed by atoms with Crippen LogP contribution in [0.1, 0.15) is 35.3 Å². The number of esters is 1. The number of methoxy groups -OCH3 is 1. The van der Waals surface area contributed by atoms with Crippen molar-refractivity contribution in [2.24, 2.45) is 4.99 Å². The van der Waals surface area contributed by atoms with Gasteiger partial charge in [-0.2, -0.15) is 0 Å². The zero-order chi connectivity index (χ0) is 21.7. The van der Waals surface area contributed by atoms with Gasteiger partial charge < -0.3 is 9.29 Å². The van der Waals surface area contributed by atoms with E-state index in [-0.39, 0.29) is 64.0 Å². The molecule has 4 rings (SSSR count). The smallest absolute Gasteiger partial charge is 0.752 e. The Hall–Kier alpha value is -1.03. The molecule has 1 aliphatic heterocycles. The van der Waals surface area contributed by atoms with Gasteiger partial charge in [-0.25, -0.2) is 13.2 Å². The van der Waals surface area contributed by atoms with E-state index in [9.17, 15) is 17.8 Å². The summed E-state index contributed by atoms with van der Waals surface area (Å²) in [4.78, 5) is 16.1. The second kappa shape index (κ2) is 10.1. The molecule has 1 heterocycles. The number of aliphatic imine (C=N–C) groups is 1. The van der Waals surface area contributed by atoms with E-state index >= 15 is 0 Å². The van der Waals surface area contributed by atoms with Gasteiger partial charge in [-0.15, -0.1) is 35.0 Å². The summed E-state index contributed by atoms with van der Waals surface area (Å²) >= 11 is 0. The van der Waals surface area contributed by atoms with Crippen LogP contribution in [0.5, 0.6) is 0 Å². The largest absolute Gasteiger partial charge is 1.00 e. The molecule has 0 amide bonds. The number of fused-ring (bicyclic) bond motifs is 3. The summed E-state index contributed by atoms with van der Waals surface area (Å²) in [6.45, 7) is 3.98. The second-order valence-electron chi connectivity index (χ2n) is 7.61. The van der Waals surface area contributed by atoms with Crippen LogP contribution in [0.4, 0.5) is 5.69 Å². The van der Waals surface area contributed by atoms with Crippen LogP contribution in [0, 0.1) is 6.07 Å². The van der Waals surface area contributed by atoms with Gasteiger partial charge in [-0.3, -0.25) is 4.99 Å². The molecular formula is C23H19NNa2O5S. The summed E-state index contributed by atoms with van der Waals surface area (Å²) in [7, 11) is -3.26. The molecule has 1 atom stereocenters. The van der Waals surface area contributed by atoms with E-state index < -0.39 is 21.5 Å². The summed E-state index contributed by atoms with van der Waals surface area (Å²) in [5, 5.41) is 1.37. The number of rotatable bonds is 4. The monoisotopic (exact) mass is 467 g/mol. The number of hydrogen-bond acceptors (Lipinski definition) is 6. The summed E-state index contributed by atoms with van der Waals surface area (Å²) < 4.78 is 39.4. The summed E-state index contributed by atoms with van der Waals surface area (Å²) in [6.07, 6.45) is 0.588. The van der Waals surface area contributed by atoms with E-state index in [2.05, 4.69) is 6.07 Å². The fraction of sp³-hybridized carbons (Fsp3) is 0.217. The van der Waals surface area contributed by atoms with Crippen LogP contribution >= 0.6 is 0 Å². The van der Waals surface area contributed by atoms with Crippen molar-refractivity contribution in [3.63, 3.8) is 0 Å². The maximum Gasteiger partial charge on any atom is 1.00 e.